The van der Waals surface area contributed by atoms with E-state index in [2.05, 4.69) is 53.3 Å². The van der Waals surface area contributed by atoms with Crippen LogP contribution in [0.1, 0.15) is 41.4 Å². The lowest BCUT2D eigenvalue weighted by molar-refractivity contribution is 0.0935. The van der Waals surface area contributed by atoms with Crippen molar-refractivity contribution in [1.29, 1.82) is 0 Å². The Kier molecular flexibility index (Phi) is 7.83. The molecule has 4 aromatic rings. The number of aromatic nitrogens is 3. The maximum absolute atomic E-state index is 13.4. The van der Waals surface area contributed by atoms with Crippen LogP contribution in [0, 0.1) is 0 Å². The number of hydrogen-bond acceptors (Lipinski definition) is 4. The van der Waals surface area contributed by atoms with E-state index < -0.39 is 0 Å². The van der Waals surface area contributed by atoms with Gasteiger partial charge in [-0.15, -0.1) is 0 Å². The van der Waals surface area contributed by atoms with Gasteiger partial charge < -0.3 is 5.32 Å². The van der Waals surface area contributed by atoms with Crippen molar-refractivity contribution in [1.82, 2.24) is 25.0 Å². The van der Waals surface area contributed by atoms with Crippen molar-refractivity contribution in [3.8, 4) is 11.3 Å². The largest absolute Gasteiger partial charge is 0.350 e. The topological polar surface area (TPSA) is 63.1 Å². The van der Waals surface area contributed by atoms with E-state index in [4.69, 9.17) is 5.10 Å². The Hall–Kier alpha value is -3.77. The van der Waals surface area contributed by atoms with E-state index in [0.717, 1.165) is 24.2 Å². The molecule has 0 bridgehead atoms. The Morgan fingerprint density at radius 3 is 2.32 bits per heavy atom. The molecule has 174 valence electrons. The van der Waals surface area contributed by atoms with Crippen LogP contribution < -0.4 is 5.32 Å². The van der Waals surface area contributed by atoms with Gasteiger partial charge in [0, 0.05) is 30.7 Å². The second-order valence-corrected chi connectivity index (χ2v) is 8.17. The summed E-state index contributed by atoms with van der Waals surface area (Å²) in [7, 11) is 0. The molecule has 6 heteroatoms. The molecule has 0 radical (unpaired) electrons. The molecule has 0 aliphatic carbocycles. The van der Waals surface area contributed by atoms with Crippen molar-refractivity contribution in [2.45, 2.75) is 26.4 Å². The molecule has 0 saturated heterocycles. The van der Waals surface area contributed by atoms with Gasteiger partial charge in [-0.05, 0) is 36.3 Å². The quantitative estimate of drug-likeness (QED) is 0.374. The summed E-state index contributed by atoms with van der Waals surface area (Å²) >= 11 is 0. The van der Waals surface area contributed by atoms with Gasteiger partial charge in [-0.1, -0.05) is 74.5 Å². The lowest BCUT2D eigenvalue weighted by Crippen LogP contribution is -2.38. The number of pyridine rings is 1. The van der Waals surface area contributed by atoms with Crippen molar-refractivity contribution < 1.29 is 4.79 Å². The highest BCUT2D eigenvalue weighted by atomic mass is 16.1. The second kappa shape index (κ2) is 11.4. The number of carbonyl (C=O) groups excluding carboxylic acids is 1. The van der Waals surface area contributed by atoms with E-state index in [-0.39, 0.29) is 11.9 Å². The lowest BCUT2D eigenvalue weighted by Gasteiger charge is -2.30. The van der Waals surface area contributed by atoms with Crippen LogP contribution >= 0.6 is 0 Å². The number of carbonyl (C=O) groups is 1. The third kappa shape index (κ3) is 5.58. The molecule has 1 atom stereocenters. The average Bonchev–Trinajstić information content (AvgIpc) is 3.32. The first-order chi connectivity index (χ1) is 16.7. The first-order valence-electron chi connectivity index (χ1n) is 11.8. The zero-order chi connectivity index (χ0) is 23.8. The van der Waals surface area contributed by atoms with Crippen LogP contribution in [-0.2, 0) is 6.54 Å². The smallest absolute Gasteiger partial charge is 0.255 e. The molecule has 0 spiro atoms. The van der Waals surface area contributed by atoms with Gasteiger partial charge in [0.1, 0.15) is 5.69 Å². The Balaban J connectivity index is 1.59. The number of amides is 1. The predicted molar refractivity (Wildman–Crippen MR) is 135 cm³/mol. The molecule has 0 aliphatic rings. The normalized spacial score (nSPS) is 12.0. The van der Waals surface area contributed by atoms with Crippen molar-refractivity contribution in [3.05, 3.63) is 108 Å². The molecular formula is C28H31N5O. The maximum atomic E-state index is 13.4. The Labute approximate surface area is 201 Å². The van der Waals surface area contributed by atoms with Gasteiger partial charge in [0.2, 0.25) is 0 Å². The summed E-state index contributed by atoms with van der Waals surface area (Å²) in [4.78, 5) is 20.0. The van der Waals surface area contributed by atoms with Gasteiger partial charge in [0.15, 0.2) is 0 Å². The van der Waals surface area contributed by atoms with Crippen LogP contribution in [0.3, 0.4) is 0 Å². The van der Waals surface area contributed by atoms with Crippen LogP contribution in [0.2, 0.25) is 0 Å². The fraction of sp³-hybridized carbons (Fsp3) is 0.250. The van der Waals surface area contributed by atoms with Gasteiger partial charge in [-0.25, -0.2) is 0 Å². The highest BCUT2D eigenvalue weighted by Gasteiger charge is 2.22. The number of nitrogens with zero attached hydrogens (tertiary/aromatic N) is 4. The number of nitrogens with one attached hydrogen (secondary N) is 1. The Morgan fingerprint density at radius 2 is 1.68 bits per heavy atom. The van der Waals surface area contributed by atoms with Gasteiger partial charge >= 0.3 is 0 Å². The lowest BCUT2D eigenvalue weighted by atomic mass is 10.0. The molecule has 1 N–H and O–H groups in total. The van der Waals surface area contributed by atoms with Crippen molar-refractivity contribution in [3.63, 3.8) is 0 Å². The van der Waals surface area contributed by atoms with Gasteiger partial charge in [-0.3, -0.25) is 19.4 Å². The monoisotopic (exact) mass is 453 g/mol. The second-order valence-electron chi connectivity index (χ2n) is 8.17. The fourth-order valence-corrected chi connectivity index (χ4v) is 4.24. The third-order valence-corrected chi connectivity index (χ3v) is 6.02. The summed E-state index contributed by atoms with van der Waals surface area (Å²) < 4.78 is 1.83. The predicted octanol–water partition coefficient (Wildman–Crippen LogP) is 4.81. The number of likely N-dealkylation sites (N-methyl/N-ethyl adjacent to an activating group) is 1. The van der Waals surface area contributed by atoms with Gasteiger partial charge in [0.05, 0.1) is 18.2 Å². The molecule has 1 unspecified atom stereocenters. The minimum Gasteiger partial charge on any atom is -0.350 e. The van der Waals surface area contributed by atoms with Crippen LogP contribution in [0.4, 0.5) is 0 Å². The summed E-state index contributed by atoms with van der Waals surface area (Å²) in [5, 5.41) is 7.93. The van der Waals surface area contributed by atoms with Crippen molar-refractivity contribution in [2.24, 2.45) is 0 Å². The molecule has 2 aromatic heterocycles. The Bertz CT molecular complexity index is 1170. The van der Waals surface area contributed by atoms with E-state index >= 15 is 0 Å². The van der Waals surface area contributed by atoms with Crippen LogP contribution in [0.25, 0.3) is 11.3 Å². The summed E-state index contributed by atoms with van der Waals surface area (Å²) in [6, 6.07) is 24.3. The minimum absolute atomic E-state index is 0.0985. The Morgan fingerprint density at radius 1 is 0.971 bits per heavy atom. The van der Waals surface area contributed by atoms with Crippen LogP contribution in [-0.4, -0.2) is 45.2 Å². The summed E-state index contributed by atoms with van der Waals surface area (Å²) in [6.45, 7) is 7.21. The van der Waals surface area contributed by atoms with Crippen molar-refractivity contribution >= 4 is 5.91 Å². The zero-order valence-electron chi connectivity index (χ0n) is 19.8. The van der Waals surface area contributed by atoms with Crippen molar-refractivity contribution in [2.75, 3.05) is 19.6 Å². The summed E-state index contributed by atoms with van der Waals surface area (Å²) in [5.74, 6) is -0.133. The number of benzene rings is 2. The number of rotatable bonds is 10. The van der Waals surface area contributed by atoms with E-state index in [1.54, 1.807) is 12.4 Å². The summed E-state index contributed by atoms with van der Waals surface area (Å²) in [5.41, 5.74) is 4.33. The molecule has 0 aliphatic heterocycles. The molecule has 34 heavy (non-hydrogen) atoms. The molecular weight excluding hydrogens is 422 g/mol. The molecule has 4 rings (SSSR count). The van der Waals surface area contributed by atoms with Gasteiger partial charge in [-0.2, -0.15) is 5.10 Å². The number of hydrogen-bond donors (Lipinski definition) is 1. The maximum Gasteiger partial charge on any atom is 0.255 e. The first kappa shape index (κ1) is 23.4. The average molecular weight is 454 g/mol. The fourth-order valence-electron chi connectivity index (χ4n) is 4.24. The molecule has 1 amide bonds. The van der Waals surface area contributed by atoms with Crippen LogP contribution in [0.5, 0.6) is 0 Å². The van der Waals surface area contributed by atoms with E-state index in [0.29, 0.717) is 24.3 Å². The molecule has 0 saturated carbocycles. The minimum atomic E-state index is -0.133. The highest BCUT2D eigenvalue weighted by Crippen LogP contribution is 2.23. The molecule has 6 nitrogen and oxygen atoms in total. The standard InChI is InChI=1S/C28H31N5O/c1-3-32(4-2)26(23-14-9-6-10-15-23)19-30-28(34)25-21-33(20-22-12-7-5-8-13-22)31-27(25)24-16-11-17-29-18-24/h5-18,21,26H,3-4,19-20H2,1-2H3,(H,30,34). The summed E-state index contributed by atoms with van der Waals surface area (Å²) in [6.07, 6.45) is 5.30. The van der Waals surface area contributed by atoms with Crippen LogP contribution in [0.15, 0.2) is 91.4 Å². The zero-order valence-corrected chi connectivity index (χ0v) is 19.8. The molecule has 0 fully saturated rings. The SMILES string of the molecule is CCN(CC)C(CNC(=O)c1cn(Cc2ccccc2)nc1-c1cccnc1)c1ccccc1. The van der Waals surface area contributed by atoms with E-state index in [9.17, 15) is 4.79 Å². The van der Waals surface area contributed by atoms with Gasteiger partial charge in [0.25, 0.3) is 5.91 Å². The van der Waals surface area contributed by atoms with E-state index in [1.165, 1.54) is 5.56 Å². The molecule has 2 aromatic carbocycles. The van der Waals surface area contributed by atoms with E-state index in [1.807, 2.05) is 59.4 Å². The third-order valence-electron chi connectivity index (χ3n) is 6.02. The molecule has 2 heterocycles. The first-order valence-corrected chi connectivity index (χ1v) is 11.8. The highest BCUT2D eigenvalue weighted by molar-refractivity contribution is 5.99.